The van der Waals surface area contributed by atoms with Crippen molar-refractivity contribution < 1.29 is 18.0 Å². The number of ketones is 1. The Kier molecular flexibility index (Phi) is 3.40. The molecule has 3 nitrogen and oxygen atoms in total. The van der Waals surface area contributed by atoms with E-state index in [9.17, 15) is 18.0 Å². The third-order valence-corrected chi connectivity index (χ3v) is 3.12. The fourth-order valence-corrected chi connectivity index (χ4v) is 2.20. The van der Waals surface area contributed by atoms with Gasteiger partial charge in [-0.3, -0.25) is 4.79 Å². The summed E-state index contributed by atoms with van der Waals surface area (Å²) in [5.74, 6) is -0.479. The molecule has 1 aliphatic rings. The summed E-state index contributed by atoms with van der Waals surface area (Å²) in [4.78, 5) is 15.1. The number of Topliss-reactive ketones (excluding diaryl/α,β-unsaturated/α-hetero) is 1. The highest BCUT2D eigenvalue weighted by molar-refractivity contribution is 6.27. The van der Waals surface area contributed by atoms with Crippen LogP contribution in [0.15, 0.2) is 35.5 Å². The van der Waals surface area contributed by atoms with Crippen molar-refractivity contribution in [3.63, 3.8) is 0 Å². The predicted molar refractivity (Wildman–Crippen MR) is 68.7 cm³/mol. The molecule has 0 amide bonds. The maximum atomic E-state index is 12.8. The molecular formula is C15H7F3N2O. The first kappa shape index (κ1) is 14.5. The zero-order valence-corrected chi connectivity index (χ0v) is 10.7. The van der Waals surface area contributed by atoms with Crippen molar-refractivity contribution in [2.75, 3.05) is 0 Å². The predicted octanol–water partition coefficient (Wildman–Crippen LogP) is 4.00. The molecule has 0 fully saturated rings. The fourth-order valence-electron chi connectivity index (χ4n) is 2.20. The first-order chi connectivity index (χ1) is 9.85. The van der Waals surface area contributed by atoms with Crippen LogP contribution in [0.4, 0.5) is 13.2 Å². The van der Waals surface area contributed by atoms with Gasteiger partial charge in [-0.05, 0) is 30.7 Å². The maximum Gasteiger partial charge on any atom is 0.416 e. The Morgan fingerprint density at radius 3 is 2.52 bits per heavy atom. The lowest BCUT2D eigenvalue weighted by atomic mass is 10.0. The number of hydrogen-bond acceptors (Lipinski definition) is 2. The molecule has 0 radical (unpaired) electrons. The van der Waals surface area contributed by atoms with Gasteiger partial charge in [-0.1, -0.05) is 6.08 Å². The van der Waals surface area contributed by atoms with Crippen LogP contribution < -0.4 is 0 Å². The lowest BCUT2D eigenvalue weighted by Gasteiger charge is -2.08. The second kappa shape index (κ2) is 4.92. The number of carbonyl (C=O) groups excluding carboxylic acids is 1. The summed E-state index contributed by atoms with van der Waals surface area (Å²) in [5, 5.41) is 8.96. The molecule has 1 aromatic carbocycles. The van der Waals surface area contributed by atoms with E-state index in [0.717, 1.165) is 18.2 Å². The average Bonchev–Trinajstić information content (AvgIpc) is 2.72. The zero-order valence-electron chi connectivity index (χ0n) is 10.7. The highest BCUT2D eigenvalue weighted by Gasteiger charge is 2.36. The number of nitriles is 1. The van der Waals surface area contributed by atoms with Crippen LogP contribution in [0.3, 0.4) is 0 Å². The van der Waals surface area contributed by atoms with Gasteiger partial charge in [0.25, 0.3) is 5.70 Å². The number of benzene rings is 1. The minimum absolute atomic E-state index is 0.0181. The quantitative estimate of drug-likeness (QED) is 0.411. The Balaban J connectivity index is 2.85. The summed E-state index contributed by atoms with van der Waals surface area (Å²) in [7, 11) is 0. The number of fused-ring (bicyclic) bond motifs is 1. The number of carbonyl (C=O) groups is 1. The molecule has 0 N–H and O–H groups in total. The summed E-state index contributed by atoms with van der Waals surface area (Å²) < 4.78 is 38.4. The van der Waals surface area contributed by atoms with E-state index in [4.69, 9.17) is 11.8 Å². The summed E-state index contributed by atoms with van der Waals surface area (Å²) in [6.07, 6.45) is -3.17. The van der Waals surface area contributed by atoms with E-state index in [0.29, 0.717) is 0 Å². The number of halogens is 3. The SMILES string of the molecule is [C-]#[N+]/C(C#N)=C1\C(=C\C)C(=O)c2ccc(C(F)(F)F)cc21. The van der Waals surface area contributed by atoms with E-state index in [2.05, 4.69) is 4.85 Å². The normalized spacial score (nSPS) is 18.2. The molecule has 0 atom stereocenters. The van der Waals surface area contributed by atoms with Gasteiger partial charge in [-0.15, -0.1) is 0 Å². The molecule has 0 aromatic heterocycles. The Bertz CT molecular complexity index is 771. The molecule has 6 heteroatoms. The van der Waals surface area contributed by atoms with Gasteiger partial charge in [0.15, 0.2) is 5.78 Å². The Labute approximate surface area is 118 Å². The van der Waals surface area contributed by atoms with Crippen molar-refractivity contribution in [2.45, 2.75) is 13.1 Å². The van der Waals surface area contributed by atoms with Gasteiger partial charge < -0.3 is 0 Å². The number of rotatable bonds is 0. The Morgan fingerprint density at radius 1 is 1.38 bits per heavy atom. The number of alkyl halides is 3. The van der Waals surface area contributed by atoms with Crippen LogP contribution in [0.25, 0.3) is 10.4 Å². The third-order valence-electron chi connectivity index (χ3n) is 3.12. The minimum Gasteiger partial charge on any atom is -0.289 e. The van der Waals surface area contributed by atoms with Gasteiger partial charge in [0.1, 0.15) is 0 Å². The molecule has 21 heavy (non-hydrogen) atoms. The van der Waals surface area contributed by atoms with Crippen LogP contribution in [0.2, 0.25) is 0 Å². The van der Waals surface area contributed by atoms with E-state index in [1.54, 1.807) is 6.07 Å². The highest BCUT2D eigenvalue weighted by Crippen LogP contribution is 2.41. The zero-order chi connectivity index (χ0) is 15.8. The van der Waals surface area contributed by atoms with Crippen LogP contribution in [0, 0.1) is 17.9 Å². The van der Waals surface area contributed by atoms with Crippen molar-refractivity contribution in [3.05, 3.63) is 63.7 Å². The molecular weight excluding hydrogens is 281 g/mol. The highest BCUT2D eigenvalue weighted by atomic mass is 19.4. The Hall–Kier alpha value is -2.86. The topological polar surface area (TPSA) is 45.2 Å². The van der Waals surface area contributed by atoms with E-state index in [1.807, 2.05) is 0 Å². The molecule has 0 aliphatic heterocycles. The van der Waals surface area contributed by atoms with E-state index >= 15 is 0 Å². The molecule has 0 saturated carbocycles. The first-order valence-electron chi connectivity index (χ1n) is 5.80. The van der Waals surface area contributed by atoms with Gasteiger partial charge in [0.05, 0.1) is 18.2 Å². The van der Waals surface area contributed by atoms with Crippen molar-refractivity contribution >= 4 is 11.4 Å². The second-order valence-electron chi connectivity index (χ2n) is 4.24. The van der Waals surface area contributed by atoms with Gasteiger partial charge in [-0.2, -0.15) is 13.2 Å². The van der Waals surface area contributed by atoms with Crippen LogP contribution in [-0.4, -0.2) is 5.78 Å². The molecule has 104 valence electrons. The third kappa shape index (κ3) is 2.21. The minimum atomic E-state index is -4.56. The molecule has 0 unspecified atom stereocenters. The number of allylic oxidation sites excluding steroid dienone is 4. The van der Waals surface area contributed by atoms with Gasteiger partial charge in [-0.25, -0.2) is 10.1 Å². The maximum absolute atomic E-state index is 12.8. The van der Waals surface area contributed by atoms with Crippen LogP contribution >= 0.6 is 0 Å². The van der Waals surface area contributed by atoms with Crippen molar-refractivity contribution in [1.82, 2.24) is 0 Å². The van der Waals surface area contributed by atoms with Gasteiger partial charge in [0, 0.05) is 16.7 Å². The second-order valence-corrected chi connectivity index (χ2v) is 4.24. The first-order valence-corrected chi connectivity index (χ1v) is 5.80. The summed E-state index contributed by atoms with van der Waals surface area (Å²) >= 11 is 0. The van der Waals surface area contributed by atoms with Crippen LogP contribution in [-0.2, 0) is 6.18 Å². The summed E-state index contributed by atoms with van der Waals surface area (Å²) in [5.41, 5.74) is -1.21. The lowest BCUT2D eigenvalue weighted by Crippen LogP contribution is -2.05. The van der Waals surface area contributed by atoms with Crippen molar-refractivity contribution in [1.29, 1.82) is 5.26 Å². The molecule has 0 bridgehead atoms. The molecule has 0 heterocycles. The molecule has 1 aromatic rings. The fraction of sp³-hybridized carbons (Fsp3) is 0.133. The van der Waals surface area contributed by atoms with E-state index in [1.165, 1.54) is 13.0 Å². The van der Waals surface area contributed by atoms with Crippen LogP contribution in [0.1, 0.15) is 28.4 Å². The summed E-state index contributed by atoms with van der Waals surface area (Å²) in [6.45, 7) is 8.49. The number of nitrogens with zero attached hydrogens (tertiary/aromatic N) is 2. The largest absolute Gasteiger partial charge is 0.416 e. The van der Waals surface area contributed by atoms with E-state index < -0.39 is 23.2 Å². The number of hydrogen-bond donors (Lipinski definition) is 0. The average molecular weight is 288 g/mol. The van der Waals surface area contributed by atoms with Gasteiger partial charge >= 0.3 is 6.18 Å². The molecule has 2 rings (SSSR count). The van der Waals surface area contributed by atoms with Crippen molar-refractivity contribution in [2.24, 2.45) is 0 Å². The molecule has 0 saturated heterocycles. The van der Waals surface area contributed by atoms with Crippen molar-refractivity contribution in [3.8, 4) is 6.07 Å². The summed E-state index contributed by atoms with van der Waals surface area (Å²) in [6, 6.07) is 4.33. The smallest absolute Gasteiger partial charge is 0.289 e. The van der Waals surface area contributed by atoms with Crippen LogP contribution in [0.5, 0.6) is 0 Å². The standard InChI is InChI=1S/C15H7F3N2O/c1-3-9-13(12(7-19)20-2)11-6-8(15(16,17)18)4-5-10(11)14(9)21/h3-6H,1H3/b9-3-,13-12+. The monoisotopic (exact) mass is 288 g/mol. The Morgan fingerprint density at radius 2 is 2.05 bits per heavy atom. The molecule has 0 spiro atoms. The van der Waals surface area contributed by atoms with Gasteiger partial charge in [0.2, 0.25) is 0 Å². The van der Waals surface area contributed by atoms with E-state index in [-0.39, 0.29) is 22.3 Å². The lowest BCUT2D eigenvalue weighted by molar-refractivity contribution is -0.137. The molecule has 1 aliphatic carbocycles.